The maximum atomic E-state index is 5.86. The molecule has 0 saturated carbocycles. The summed E-state index contributed by atoms with van der Waals surface area (Å²) in [5, 5.41) is 1.02. The molecular formula is C14H15BrN2S. The van der Waals surface area contributed by atoms with E-state index in [-0.39, 0.29) is 0 Å². The Morgan fingerprint density at radius 1 is 1.17 bits per heavy atom. The molecule has 0 aliphatic carbocycles. The second-order valence-electron chi connectivity index (χ2n) is 3.94. The van der Waals surface area contributed by atoms with Crippen LogP contribution < -0.4 is 5.73 Å². The predicted octanol–water partition coefficient (Wildman–Crippen LogP) is 3.68. The number of aromatic nitrogens is 1. The minimum atomic E-state index is 0.366. The topological polar surface area (TPSA) is 38.9 Å². The van der Waals surface area contributed by atoms with Crippen LogP contribution >= 0.6 is 27.7 Å². The van der Waals surface area contributed by atoms with E-state index in [2.05, 4.69) is 45.2 Å². The van der Waals surface area contributed by atoms with Crippen molar-refractivity contribution < 1.29 is 0 Å². The largest absolute Gasteiger partial charge is 0.330 e. The number of benzene rings is 1. The summed E-state index contributed by atoms with van der Waals surface area (Å²) in [6.07, 6.45) is 1.81. The number of hydrogen-bond acceptors (Lipinski definition) is 3. The van der Waals surface area contributed by atoms with Crippen LogP contribution in [0.3, 0.4) is 0 Å². The summed E-state index contributed by atoms with van der Waals surface area (Å²) in [6.45, 7) is 0.654. The number of thioether (sulfide) groups is 1. The molecule has 0 aliphatic rings. The molecule has 0 aliphatic heterocycles. The van der Waals surface area contributed by atoms with Gasteiger partial charge >= 0.3 is 0 Å². The van der Waals surface area contributed by atoms with Crippen LogP contribution in [0.2, 0.25) is 0 Å². The fourth-order valence-electron chi connectivity index (χ4n) is 1.68. The highest BCUT2D eigenvalue weighted by atomic mass is 79.9. The minimum Gasteiger partial charge on any atom is -0.330 e. The summed E-state index contributed by atoms with van der Waals surface area (Å²) >= 11 is 5.25. The molecule has 0 amide bonds. The van der Waals surface area contributed by atoms with Crippen LogP contribution in [0.4, 0.5) is 0 Å². The average molecular weight is 323 g/mol. The number of pyridine rings is 1. The fraction of sp³-hybridized carbons (Fsp3) is 0.214. The Hall–Kier alpha value is -0.840. The predicted molar refractivity (Wildman–Crippen MR) is 80.9 cm³/mol. The number of hydrogen-bond donors (Lipinski definition) is 1. The maximum Gasteiger partial charge on any atom is 0.110 e. The average Bonchev–Trinajstić information content (AvgIpc) is 2.42. The Morgan fingerprint density at radius 3 is 2.61 bits per heavy atom. The van der Waals surface area contributed by atoms with Gasteiger partial charge in [-0.2, -0.15) is 0 Å². The van der Waals surface area contributed by atoms with Gasteiger partial charge in [0.2, 0.25) is 0 Å². The van der Waals surface area contributed by atoms with Crippen LogP contribution in [-0.2, 0) is 0 Å². The minimum absolute atomic E-state index is 0.366. The molecule has 0 radical (unpaired) electrons. The lowest BCUT2D eigenvalue weighted by Crippen LogP contribution is -2.14. The van der Waals surface area contributed by atoms with Gasteiger partial charge in [0, 0.05) is 22.3 Å². The highest BCUT2D eigenvalue weighted by molar-refractivity contribution is 9.10. The van der Waals surface area contributed by atoms with Crippen molar-refractivity contribution in [2.24, 2.45) is 5.73 Å². The number of rotatable bonds is 5. The van der Waals surface area contributed by atoms with Crippen LogP contribution in [0.1, 0.15) is 11.5 Å². The summed E-state index contributed by atoms with van der Waals surface area (Å²) in [5.74, 6) is 1.31. The van der Waals surface area contributed by atoms with Crippen molar-refractivity contribution in [1.29, 1.82) is 0 Å². The molecule has 1 heterocycles. The molecule has 2 N–H and O–H groups in total. The Morgan fingerprint density at radius 2 is 1.94 bits per heavy atom. The maximum absolute atomic E-state index is 5.86. The van der Waals surface area contributed by atoms with Crippen LogP contribution in [-0.4, -0.2) is 17.3 Å². The zero-order chi connectivity index (χ0) is 12.8. The van der Waals surface area contributed by atoms with Gasteiger partial charge in [-0.15, -0.1) is 11.8 Å². The first-order valence-corrected chi connectivity index (χ1v) is 7.57. The van der Waals surface area contributed by atoms with E-state index in [1.165, 1.54) is 5.56 Å². The first-order valence-electron chi connectivity index (χ1n) is 5.79. The summed E-state index contributed by atoms with van der Waals surface area (Å²) in [6, 6.07) is 14.3. The second-order valence-corrected chi connectivity index (χ2v) is 5.81. The van der Waals surface area contributed by atoms with E-state index in [9.17, 15) is 0 Å². The highest BCUT2D eigenvalue weighted by Crippen LogP contribution is 2.29. The zero-order valence-corrected chi connectivity index (χ0v) is 12.3. The van der Waals surface area contributed by atoms with Crippen LogP contribution in [0, 0.1) is 0 Å². The number of nitrogens with zero attached hydrogens (tertiary/aromatic N) is 1. The van der Waals surface area contributed by atoms with Gasteiger partial charge in [-0.1, -0.05) is 30.3 Å². The van der Waals surface area contributed by atoms with Gasteiger partial charge in [-0.05, 0) is 40.2 Å². The quantitative estimate of drug-likeness (QED) is 0.853. The number of halogens is 1. The molecule has 18 heavy (non-hydrogen) atoms. The van der Waals surface area contributed by atoms with E-state index in [1.54, 1.807) is 11.8 Å². The Labute approximate surface area is 120 Å². The van der Waals surface area contributed by atoms with Crippen molar-refractivity contribution in [3.63, 3.8) is 0 Å². The van der Waals surface area contributed by atoms with Crippen LogP contribution in [0.5, 0.6) is 0 Å². The van der Waals surface area contributed by atoms with E-state index in [0.717, 1.165) is 15.3 Å². The zero-order valence-electron chi connectivity index (χ0n) is 9.92. The van der Waals surface area contributed by atoms with Gasteiger partial charge in [-0.25, -0.2) is 4.98 Å². The first kappa shape index (κ1) is 13.6. The molecule has 94 valence electrons. The summed E-state index contributed by atoms with van der Waals surface area (Å²) < 4.78 is 1.04. The molecule has 1 aromatic heterocycles. The third kappa shape index (κ3) is 3.57. The van der Waals surface area contributed by atoms with Gasteiger partial charge in [0.1, 0.15) is 5.03 Å². The Bertz CT molecular complexity index is 490. The third-order valence-electron chi connectivity index (χ3n) is 2.70. The normalized spacial score (nSPS) is 12.3. The van der Waals surface area contributed by atoms with Gasteiger partial charge in [-0.3, -0.25) is 0 Å². The lowest BCUT2D eigenvalue weighted by molar-refractivity contribution is 0.784. The first-order chi connectivity index (χ1) is 8.81. The van der Waals surface area contributed by atoms with E-state index in [4.69, 9.17) is 5.73 Å². The molecule has 2 aromatic rings. The highest BCUT2D eigenvalue weighted by Gasteiger charge is 2.11. The van der Waals surface area contributed by atoms with E-state index >= 15 is 0 Å². The molecule has 1 atom stereocenters. The second kappa shape index (κ2) is 6.92. The molecule has 2 nitrogen and oxygen atoms in total. The molecular weight excluding hydrogens is 308 g/mol. The van der Waals surface area contributed by atoms with Gasteiger partial charge in [0.15, 0.2) is 0 Å². The van der Waals surface area contributed by atoms with Crippen LogP contribution in [0.25, 0.3) is 0 Å². The summed E-state index contributed by atoms with van der Waals surface area (Å²) in [4.78, 5) is 4.35. The third-order valence-corrected chi connectivity index (χ3v) is 4.77. The smallest absolute Gasteiger partial charge is 0.110 e. The Kier molecular flexibility index (Phi) is 5.23. The van der Waals surface area contributed by atoms with Gasteiger partial charge in [0.25, 0.3) is 0 Å². The van der Waals surface area contributed by atoms with Gasteiger partial charge in [0.05, 0.1) is 0 Å². The molecule has 0 saturated heterocycles. The molecule has 0 fully saturated rings. The summed E-state index contributed by atoms with van der Waals surface area (Å²) in [7, 11) is 0. The van der Waals surface area contributed by atoms with E-state index in [0.29, 0.717) is 12.5 Å². The molecule has 2 rings (SSSR count). The summed E-state index contributed by atoms with van der Waals surface area (Å²) in [5.41, 5.74) is 7.15. The number of nitrogens with two attached hydrogens (primary N) is 1. The van der Waals surface area contributed by atoms with Crippen molar-refractivity contribution >= 4 is 27.7 Å². The monoisotopic (exact) mass is 322 g/mol. The lowest BCUT2D eigenvalue weighted by Gasteiger charge is -2.14. The van der Waals surface area contributed by atoms with E-state index < -0.39 is 0 Å². The molecule has 4 heteroatoms. The van der Waals surface area contributed by atoms with Crippen molar-refractivity contribution in [3.8, 4) is 0 Å². The molecule has 1 aromatic carbocycles. The van der Waals surface area contributed by atoms with Gasteiger partial charge < -0.3 is 5.73 Å². The van der Waals surface area contributed by atoms with Crippen molar-refractivity contribution in [3.05, 3.63) is 58.7 Å². The van der Waals surface area contributed by atoms with E-state index in [1.807, 2.05) is 24.4 Å². The van der Waals surface area contributed by atoms with Crippen molar-refractivity contribution in [2.75, 3.05) is 12.3 Å². The lowest BCUT2D eigenvalue weighted by atomic mass is 10.0. The van der Waals surface area contributed by atoms with Crippen molar-refractivity contribution in [2.45, 2.75) is 10.9 Å². The van der Waals surface area contributed by atoms with Crippen molar-refractivity contribution in [1.82, 2.24) is 4.98 Å². The molecule has 0 spiro atoms. The van der Waals surface area contributed by atoms with Crippen LogP contribution in [0.15, 0.2) is 58.2 Å². The molecule has 0 bridgehead atoms. The molecule has 1 unspecified atom stereocenters. The standard InChI is InChI=1S/C14H15BrN2S/c15-13-7-4-8-17-14(13)18-10-12(9-16)11-5-2-1-3-6-11/h1-8,12H,9-10,16H2. The Balaban J connectivity index is 2.02. The fourth-order valence-corrected chi connectivity index (χ4v) is 3.31. The SMILES string of the molecule is NCC(CSc1ncccc1Br)c1ccccc1.